The quantitative estimate of drug-likeness (QED) is 0.803. The van der Waals surface area contributed by atoms with Crippen LogP contribution in [-0.4, -0.2) is 16.1 Å². The van der Waals surface area contributed by atoms with E-state index >= 15 is 0 Å². The monoisotopic (exact) mass is 261 g/mol. The van der Waals surface area contributed by atoms with Crippen molar-refractivity contribution >= 4 is 28.5 Å². The number of aromatic nitrogens is 2. The van der Waals surface area contributed by atoms with Gasteiger partial charge in [0, 0.05) is 5.39 Å². The smallest absolute Gasteiger partial charge is 0.368 e. The maximum atomic E-state index is 12.2. The van der Waals surface area contributed by atoms with Crippen molar-refractivity contribution in [2.45, 2.75) is 12.6 Å². The molecule has 17 heavy (non-hydrogen) atoms. The summed E-state index contributed by atoms with van der Waals surface area (Å²) in [5, 5.41) is 0.609. The molecule has 2 N–H and O–H groups in total. The molecule has 0 saturated heterocycles. The van der Waals surface area contributed by atoms with E-state index < -0.39 is 12.6 Å². The molecular formula is C10H7ClF3N3. The van der Waals surface area contributed by atoms with Gasteiger partial charge in [0.25, 0.3) is 0 Å². The molecule has 7 heteroatoms. The number of benzene rings is 1. The number of halogens is 4. The van der Waals surface area contributed by atoms with Gasteiger partial charge in [-0.05, 0) is 17.7 Å². The lowest BCUT2D eigenvalue weighted by atomic mass is 10.1. The van der Waals surface area contributed by atoms with Gasteiger partial charge in [0.2, 0.25) is 5.95 Å². The summed E-state index contributed by atoms with van der Waals surface area (Å²) in [5.74, 6) is -0.0633. The van der Waals surface area contributed by atoms with Crippen molar-refractivity contribution in [3.8, 4) is 0 Å². The third-order valence-electron chi connectivity index (χ3n) is 2.14. The average Bonchev–Trinajstić information content (AvgIpc) is 2.13. The van der Waals surface area contributed by atoms with Crippen LogP contribution in [0.15, 0.2) is 18.2 Å². The third kappa shape index (κ3) is 2.76. The minimum atomic E-state index is -4.25. The van der Waals surface area contributed by atoms with Crippen molar-refractivity contribution in [1.29, 1.82) is 0 Å². The van der Waals surface area contributed by atoms with E-state index in [-0.39, 0.29) is 16.7 Å². The summed E-state index contributed by atoms with van der Waals surface area (Å²) in [7, 11) is 0. The molecule has 3 nitrogen and oxygen atoms in total. The van der Waals surface area contributed by atoms with Crippen LogP contribution in [0.25, 0.3) is 10.9 Å². The first-order valence-electron chi connectivity index (χ1n) is 4.63. The first-order chi connectivity index (χ1) is 7.85. The van der Waals surface area contributed by atoms with Crippen LogP contribution in [0.3, 0.4) is 0 Å². The topological polar surface area (TPSA) is 51.8 Å². The van der Waals surface area contributed by atoms with Crippen molar-refractivity contribution in [2.75, 3.05) is 5.73 Å². The summed E-state index contributed by atoms with van der Waals surface area (Å²) in [5.41, 5.74) is 5.79. The first-order valence-corrected chi connectivity index (χ1v) is 5.01. The van der Waals surface area contributed by atoms with Gasteiger partial charge in [-0.25, -0.2) is 9.97 Å². The lowest BCUT2D eigenvalue weighted by Crippen LogP contribution is -2.11. The number of nitrogen functional groups attached to an aromatic ring is 1. The number of alkyl halides is 3. The first kappa shape index (κ1) is 11.9. The van der Waals surface area contributed by atoms with Crippen molar-refractivity contribution in [2.24, 2.45) is 0 Å². The molecule has 0 bridgehead atoms. The third-order valence-corrected chi connectivity index (χ3v) is 2.42. The van der Waals surface area contributed by atoms with E-state index in [4.69, 9.17) is 17.3 Å². The number of hydrogen-bond donors (Lipinski definition) is 1. The highest BCUT2D eigenvalue weighted by Crippen LogP contribution is 2.26. The molecule has 0 saturated carbocycles. The van der Waals surface area contributed by atoms with Crippen molar-refractivity contribution in [3.63, 3.8) is 0 Å². The zero-order valence-corrected chi connectivity index (χ0v) is 9.18. The van der Waals surface area contributed by atoms with Gasteiger partial charge in [-0.15, -0.1) is 0 Å². The Morgan fingerprint density at radius 3 is 2.59 bits per heavy atom. The Labute approximate surface area is 99.4 Å². The Bertz CT molecular complexity index is 568. The van der Waals surface area contributed by atoms with Crippen LogP contribution in [0.2, 0.25) is 5.15 Å². The molecule has 0 amide bonds. The molecule has 0 aliphatic heterocycles. The summed E-state index contributed by atoms with van der Waals surface area (Å²) < 4.78 is 36.6. The second-order valence-corrected chi connectivity index (χ2v) is 3.87. The van der Waals surface area contributed by atoms with E-state index in [1.54, 1.807) is 0 Å². The number of anilines is 1. The Hall–Kier alpha value is -1.56. The molecule has 0 atom stereocenters. The molecule has 1 heterocycles. The van der Waals surface area contributed by atoms with Crippen LogP contribution in [0.4, 0.5) is 19.1 Å². The van der Waals surface area contributed by atoms with Crippen LogP contribution in [0.5, 0.6) is 0 Å². The highest BCUT2D eigenvalue weighted by Gasteiger charge is 2.27. The highest BCUT2D eigenvalue weighted by molar-refractivity contribution is 6.34. The zero-order chi connectivity index (χ0) is 12.6. The maximum Gasteiger partial charge on any atom is 0.393 e. The van der Waals surface area contributed by atoms with Crippen LogP contribution in [0, 0.1) is 0 Å². The molecule has 0 radical (unpaired) electrons. The normalized spacial score (nSPS) is 12.0. The Balaban J connectivity index is 2.50. The number of fused-ring (bicyclic) bond motifs is 1. The van der Waals surface area contributed by atoms with Gasteiger partial charge in [0.05, 0.1) is 11.9 Å². The summed E-state index contributed by atoms with van der Waals surface area (Å²) in [4.78, 5) is 7.56. The highest BCUT2D eigenvalue weighted by atomic mass is 35.5. The fraction of sp³-hybridized carbons (Fsp3) is 0.200. The van der Waals surface area contributed by atoms with Crippen LogP contribution in [-0.2, 0) is 6.42 Å². The van der Waals surface area contributed by atoms with Gasteiger partial charge < -0.3 is 5.73 Å². The molecule has 0 aliphatic carbocycles. The molecule has 0 unspecified atom stereocenters. The van der Waals surface area contributed by atoms with E-state index in [0.29, 0.717) is 10.9 Å². The molecule has 0 aliphatic rings. The SMILES string of the molecule is Nc1nc(Cl)c2ccc(CC(F)(F)F)cc2n1. The fourth-order valence-corrected chi connectivity index (χ4v) is 1.74. The summed E-state index contributed by atoms with van der Waals surface area (Å²) in [6, 6.07) is 4.12. The lowest BCUT2D eigenvalue weighted by molar-refractivity contribution is -0.127. The molecule has 1 aromatic heterocycles. The van der Waals surface area contributed by atoms with E-state index in [1.807, 2.05) is 0 Å². The number of nitrogens with zero attached hydrogens (tertiary/aromatic N) is 2. The molecule has 2 rings (SSSR count). The van der Waals surface area contributed by atoms with Crippen LogP contribution >= 0.6 is 11.6 Å². The van der Waals surface area contributed by atoms with Crippen molar-refractivity contribution < 1.29 is 13.2 Å². The fourth-order valence-electron chi connectivity index (χ4n) is 1.49. The van der Waals surface area contributed by atoms with E-state index in [9.17, 15) is 13.2 Å². The van der Waals surface area contributed by atoms with E-state index in [1.165, 1.54) is 18.2 Å². The largest absolute Gasteiger partial charge is 0.393 e. The number of hydrogen-bond acceptors (Lipinski definition) is 3. The Morgan fingerprint density at radius 2 is 1.94 bits per heavy atom. The minimum absolute atomic E-state index is 0.0633. The molecule has 90 valence electrons. The van der Waals surface area contributed by atoms with Gasteiger partial charge >= 0.3 is 6.18 Å². The zero-order valence-electron chi connectivity index (χ0n) is 8.42. The lowest BCUT2D eigenvalue weighted by Gasteiger charge is -2.07. The summed E-state index contributed by atoms with van der Waals surface area (Å²) >= 11 is 5.79. The molecule has 0 spiro atoms. The van der Waals surface area contributed by atoms with E-state index in [0.717, 1.165) is 0 Å². The molecule has 2 aromatic rings. The standard InChI is InChI=1S/C10H7ClF3N3/c11-8-6-2-1-5(4-10(12,13)14)3-7(6)16-9(15)17-8/h1-3H,4H2,(H2,15,16,17). The predicted octanol–water partition coefficient (Wildman–Crippen LogP) is 2.97. The predicted molar refractivity (Wildman–Crippen MR) is 58.7 cm³/mol. The average molecular weight is 262 g/mol. The number of nitrogens with two attached hydrogens (primary N) is 1. The minimum Gasteiger partial charge on any atom is -0.368 e. The Morgan fingerprint density at radius 1 is 1.24 bits per heavy atom. The maximum absolute atomic E-state index is 12.2. The molecular weight excluding hydrogens is 255 g/mol. The van der Waals surface area contributed by atoms with Gasteiger partial charge in [-0.3, -0.25) is 0 Å². The summed E-state index contributed by atoms with van der Waals surface area (Å²) in [6.45, 7) is 0. The Kier molecular flexibility index (Phi) is 2.82. The molecule has 0 fully saturated rings. The molecule has 1 aromatic carbocycles. The van der Waals surface area contributed by atoms with Crippen molar-refractivity contribution in [1.82, 2.24) is 9.97 Å². The van der Waals surface area contributed by atoms with Gasteiger partial charge in [-0.2, -0.15) is 13.2 Å². The summed E-state index contributed by atoms with van der Waals surface area (Å²) in [6.07, 6.45) is -5.26. The van der Waals surface area contributed by atoms with Crippen LogP contribution in [0.1, 0.15) is 5.56 Å². The van der Waals surface area contributed by atoms with Crippen LogP contribution < -0.4 is 5.73 Å². The number of rotatable bonds is 1. The second kappa shape index (κ2) is 4.03. The van der Waals surface area contributed by atoms with Gasteiger partial charge in [-0.1, -0.05) is 17.7 Å². The van der Waals surface area contributed by atoms with Gasteiger partial charge in [0.1, 0.15) is 5.15 Å². The van der Waals surface area contributed by atoms with Gasteiger partial charge in [0.15, 0.2) is 0 Å². The van der Waals surface area contributed by atoms with E-state index in [2.05, 4.69) is 9.97 Å². The second-order valence-electron chi connectivity index (χ2n) is 3.52. The van der Waals surface area contributed by atoms with Crippen molar-refractivity contribution in [3.05, 3.63) is 28.9 Å².